The molecular formula is C13H16FNO2. The molecule has 1 aliphatic rings. The highest BCUT2D eigenvalue weighted by molar-refractivity contribution is 5.69. The van der Waals surface area contributed by atoms with E-state index in [9.17, 15) is 9.18 Å². The van der Waals surface area contributed by atoms with Crippen molar-refractivity contribution >= 4 is 6.09 Å². The Morgan fingerprint density at radius 1 is 1.41 bits per heavy atom. The van der Waals surface area contributed by atoms with Gasteiger partial charge in [-0.05, 0) is 19.9 Å². The summed E-state index contributed by atoms with van der Waals surface area (Å²) in [5.41, 5.74) is 0.462. The minimum atomic E-state index is -0.460. The Labute approximate surface area is 100 Å². The van der Waals surface area contributed by atoms with Gasteiger partial charge in [0.25, 0.3) is 0 Å². The van der Waals surface area contributed by atoms with Gasteiger partial charge in [-0.15, -0.1) is 0 Å². The molecule has 0 spiro atoms. The first-order chi connectivity index (χ1) is 8.09. The van der Waals surface area contributed by atoms with Gasteiger partial charge in [-0.1, -0.05) is 18.2 Å². The van der Waals surface area contributed by atoms with Gasteiger partial charge >= 0.3 is 6.09 Å². The van der Waals surface area contributed by atoms with Crippen molar-refractivity contribution in [3.8, 4) is 0 Å². The van der Waals surface area contributed by atoms with Gasteiger partial charge in [-0.2, -0.15) is 0 Å². The molecule has 1 atom stereocenters. The number of amides is 1. The summed E-state index contributed by atoms with van der Waals surface area (Å²) in [5, 5.41) is 0. The van der Waals surface area contributed by atoms with E-state index in [-0.39, 0.29) is 18.0 Å². The number of ether oxygens (including phenoxy) is 1. The lowest BCUT2D eigenvalue weighted by molar-refractivity contribution is 0.0137. The Kier molecular flexibility index (Phi) is 3.31. The van der Waals surface area contributed by atoms with Gasteiger partial charge < -0.3 is 9.64 Å². The summed E-state index contributed by atoms with van der Waals surface area (Å²) in [6.45, 7) is 4.48. The first-order valence-electron chi connectivity index (χ1n) is 5.81. The van der Waals surface area contributed by atoms with Crippen LogP contribution in [-0.4, -0.2) is 23.6 Å². The Hall–Kier alpha value is -1.58. The van der Waals surface area contributed by atoms with E-state index in [2.05, 4.69) is 0 Å². The van der Waals surface area contributed by atoms with Gasteiger partial charge in [0.1, 0.15) is 11.9 Å². The van der Waals surface area contributed by atoms with Crippen LogP contribution in [0, 0.1) is 5.82 Å². The van der Waals surface area contributed by atoms with E-state index >= 15 is 0 Å². The Bertz CT molecular complexity index is 420. The van der Waals surface area contributed by atoms with Crippen LogP contribution in [0.5, 0.6) is 0 Å². The van der Waals surface area contributed by atoms with E-state index in [1.54, 1.807) is 23.1 Å². The lowest BCUT2D eigenvalue weighted by Gasteiger charge is -2.34. The monoisotopic (exact) mass is 237 g/mol. The molecule has 0 radical (unpaired) electrons. The fourth-order valence-corrected chi connectivity index (χ4v) is 2.02. The Balaban J connectivity index is 2.13. The second-order valence-electron chi connectivity index (χ2n) is 4.47. The van der Waals surface area contributed by atoms with Crippen LogP contribution in [0.15, 0.2) is 24.3 Å². The number of carbonyl (C=O) groups is 1. The molecule has 17 heavy (non-hydrogen) atoms. The quantitative estimate of drug-likeness (QED) is 0.791. The maximum atomic E-state index is 13.6. The molecule has 1 amide bonds. The van der Waals surface area contributed by atoms with Crippen LogP contribution in [0.2, 0.25) is 0 Å². The van der Waals surface area contributed by atoms with Gasteiger partial charge in [-0.3, -0.25) is 0 Å². The van der Waals surface area contributed by atoms with E-state index in [1.165, 1.54) is 6.07 Å². The first-order valence-corrected chi connectivity index (χ1v) is 5.81. The zero-order valence-corrected chi connectivity index (χ0v) is 10.0. The number of halogens is 1. The van der Waals surface area contributed by atoms with Gasteiger partial charge in [-0.25, -0.2) is 9.18 Å². The third-order valence-corrected chi connectivity index (χ3v) is 2.99. The summed E-state index contributed by atoms with van der Waals surface area (Å²) >= 11 is 0. The molecule has 0 unspecified atom stereocenters. The standard InChI is InChI=1S/C13H16FNO2/c1-9(2)15-8-7-12(17-13(15)16)10-5-3-4-6-11(10)14/h3-6,9,12H,7-8H2,1-2H3/t12-/m0/s1. The van der Waals surface area contributed by atoms with Crippen molar-refractivity contribution in [2.75, 3.05) is 6.54 Å². The molecule has 4 heteroatoms. The van der Waals surface area contributed by atoms with E-state index in [4.69, 9.17) is 4.74 Å². The average Bonchev–Trinajstić information content (AvgIpc) is 2.29. The molecule has 2 rings (SSSR count). The van der Waals surface area contributed by atoms with Crippen LogP contribution in [0.25, 0.3) is 0 Å². The summed E-state index contributed by atoms with van der Waals surface area (Å²) in [5.74, 6) is -0.316. The Morgan fingerprint density at radius 3 is 2.71 bits per heavy atom. The molecule has 0 N–H and O–H groups in total. The highest BCUT2D eigenvalue weighted by Gasteiger charge is 2.30. The second-order valence-corrected chi connectivity index (χ2v) is 4.47. The molecule has 3 nitrogen and oxygen atoms in total. The van der Waals surface area contributed by atoms with Crippen molar-refractivity contribution in [3.63, 3.8) is 0 Å². The van der Waals surface area contributed by atoms with Crippen LogP contribution < -0.4 is 0 Å². The van der Waals surface area contributed by atoms with Gasteiger partial charge in [0.05, 0.1) is 0 Å². The van der Waals surface area contributed by atoms with Gasteiger partial charge in [0.2, 0.25) is 0 Å². The molecule has 0 aromatic heterocycles. The molecule has 0 bridgehead atoms. The Morgan fingerprint density at radius 2 is 2.12 bits per heavy atom. The predicted octanol–water partition coefficient (Wildman–Crippen LogP) is 3.12. The SMILES string of the molecule is CC(C)N1CC[C@@H](c2ccccc2F)OC1=O. The molecule has 0 aliphatic carbocycles. The van der Waals surface area contributed by atoms with Crippen LogP contribution in [0.1, 0.15) is 31.9 Å². The second kappa shape index (κ2) is 4.73. The fourth-order valence-electron chi connectivity index (χ4n) is 2.02. The number of hydrogen-bond acceptors (Lipinski definition) is 2. The smallest absolute Gasteiger partial charge is 0.410 e. The minimum absolute atomic E-state index is 0.115. The topological polar surface area (TPSA) is 29.5 Å². The van der Waals surface area contributed by atoms with Crippen molar-refractivity contribution < 1.29 is 13.9 Å². The fraction of sp³-hybridized carbons (Fsp3) is 0.462. The molecule has 1 aromatic rings. The van der Waals surface area contributed by atoms with Crippen LogP contribution in [-0.2, 0) is 4.74 Å². The number of hydrogen-bond donors (Lipinski definition) is 0. The van der Waals surface area contributed by atoms with Crippen molar-refractivity contribution in [3.05, 3.63) is 35.6 Å². The van der Waals surface area contributed by atoms with Crippen LogP contribution >= 0.6 is 0 Å². The third-order valence-electron chi connectivity index (χ3n) is 2.99. The minimum Gasteiger partial charge on any atom is -0.441 e. The van der Waals surface area contributed by atoms with Gasteiger partial charge in [0, 0.05) is 24.6 Å². The molecule has 0 saturated carbocycles. The lowest BCUT2D eigenvalue weighted by Crippen LogP contribution is -2.43. The average molecular weight is 237 g/mol. The number of cyclic esters (lactones) is 1. The number of nitrogens with zero attached hydrogens (tertiary/aromatic N) is 1. The van der Waals surface area contributed by atoms with Crippen molar-refractivity contribution in [2.24, 2.45) is 0 Å². The van der Waals surface area contributed by atoms with Crippen molar-refractivity contribution in [2.45, 2.75) is 32.4 Å². The summed E-state index contributed by atoms with van der Waals surface area (Å²) < 4.78 is 18.8. The van der Waals surface area contributed by atoms with E-state index in [0.29, 0.717) is 18.5 Å². The summed E-state index contributed by atoms with van der Waals surface area (Å²) in [6, 6.07) is 6.55. The highest BCUT2D eigenvalue weighted by atomic mass is 19.1. The number of carbonyl (C=O) groups excluding carboxylic acids is 1. The lowest BCUT2D eigenvalue weighted by atomic mass is 10.0. The zero-order chi connectivity index (χ0) is 12.4. The van der Waals surface area contributed by atoms with Crippen molar-refractivity contribution in [1.82, 2.24) is 4.90 Å². The first kappa shape index (κ1) is 11.9. The number of rotatable bonds is 2. The summed E-state index contributed by atoms with van der Waals surface area (Å²) in [4.78, 5) is 13.4. The highest BCUT2D eigenvalue weighted by Crippen LogP contribution is 2.29. The normalized spacial score (nSPS) is 20.6. The van der Waals surface area contributed by atoms with E-state index in [0.717, 1.165) is 0 Å². The zero-order valence-electron chi connectivity index (χ0n) is 10.0. The summed E-state index contributed by atoms with van der Waals surface area (Å²) in [6.07, 6.45) is -0.191. The van der Waals surface area contributed by atoms with Crippen molar-refractivity contribution in [1.29, 1.82) is 0 Å². The largest absolute Gasteiger partial charge is 0.441 e. The molecule has 1 aromatic carbocycles. The van der Waals surface area contributed by atoms with E-state index < -0.39 is 6.10 Å². The predicted molar refractivity (Wildman–Crippen MR) is 62.1 cm³/mol. The molecule has 1 heterocycles. The number of benzene rings is 1. The molecule has 1 fully saturated rings. The molecule has 1 saturated heterocycles. The maximum Gasteiger partial charge on any atom is 0.410 e. The van der Waals surface area contributed by atoms with Crippen LogP contribution in [0.4, 0.5) is 9.18 Å². The molecule has 1 aliphatic heterocycles. The van der Waals surface area contributed by atoms with Gasteiger partial charge in [0.15, 0.2) is 0 Å². The maximum absolute atomic E-state index is 13.6. The van der Waals surface area contributed by atoms with Crippen LogP contribution in [0.3, 0.4) is 0 Å². The third kappa shape index (κ3) is 2.40. The molecule has 92 valence electrons. The summed E-state index contributed by atoms with van der Waals surface area (Å²) in [7, 11) is 0. The molecular weight excluding hydrogens is 221 g/mol. The van der Waals surface area contributed by atoms with E-state index in [1.807, 2.05) is 13.8 Å².